The normalized spacial score (nSPS) is 17.1. The molecule has 6 heteroatoms. The first-order chi connectivity index (χ1) is 11.3. The number of guanidine groups is 1. The highest BCUT2D eigenvalue weighted by molar-refractivity contribution is 5.78. The maximum absolute atomic E-state index is 6.03. The number of nitrogens with zero attached hydrogens (tertiary/aromatic N) is 2. The molecule has 0 saturated heterocycles. The highest BCUT2D eigenvalue weighted by Crippen LogP contribution is 2.31. The second kappa shape index (κ2) is 7.00. The van der Waals surface area contributed by atoms with Crippen LogP contribution in [0.3, 0.4) is 0 Å². The Morgan fingerprint density at radius 3 is 3.17 bits per heavy atom. The van der Waals surface area contributed by atoms with E-state index >= 15 is 0 Å². The second-order valence-corrected chi connectivity index (χ2v) is 5.28. The highest BCUT2D eigenvalue weighted by atomic mass is 16.5. The highest BCUT2D eigenvalue weighted by Gasteiger charge is 2.21. The lowest BCUT2D eigenvalue weighted by Gasteiger charge is -2.26. The van der Waals surface area contributed by atoms with E-state index in [1.54, 1.807) is 13.3 Å². The summed E-state index contributed by atoms with van der Waals surface area (Å²) < 4.78 is 10.8. The number of hydrogen-bond donors (Lipinski definition) is 2. The van der Waals surface area contributed by atoms with Gasteiger partial charge in [0.25, 0.3) is 0 Å². The van der Waals surface area contributed by atoms with Crippen molar-refractivity contribution < 1.29 is 9.47 Å². The number of nitrogens with two attached hydrogens (primary N) is 1. The Morgan fingerprint density at radius 1 is 1.43 bits per heavy atom. The third-order valence-electron chi connectivity index (χ3n) is 3.72. The van der Waals surface area contributed by atoms with Gasteiger partial charge in [-0.1, -0.05) is 18.2 Å². The average molecular weight is 312 g/mol. The molecule has 1 unspecified atom stereocenters. The summed E-state index contributed by atoms with van der Waals surface area (Å²) >= 11 is 0. The lowest BCUT2D eigenvalue weighted by atomic mass is 10.0. The fourth-order valence-corrected chi connectivity index (χ4v) is 2.55. The van der Waals surface area contributed by atoms with Crippen molar-refractivity contribution in [1.82, 2.24) is 10.3 Å². The van der Waals surface area contributed by atoms with Crippen molar-refractivity contribution in [2.45, 2.75) is 19.0 Å². The molecule has 2 heterocycles. The molecule has 1 aliphatic rings. The van der Waals surface area contributed by atoms with E-state index in [0.29, 0.717) is 25.0 Å². The molecule has 3 rings (SSSR count). The summed E-state index contributed by atoms with van der Waals surface area (Å²) in [4.78, 5) is 8.47. The van der Waals surface area contributed by atoms with Crippen molar-refractivity contribution in [3.8, 4) is 11.6 Å². The zero-order valence-corrected chi connectivity index (χ0v) is 13.0. The van der Waals surface area contributed by atoms with Crippen molar-refractivity contribution in [2.75, 3.05) is 13.7 Å². The monoisotopic (exact) mass is 312 g/mol. The van der Waals surface area contributed by atoms with Gasteiger partial charge in [-0.3, -0.25) is 0 Å². The molecule has 23 heavy (non-hydrogen) atoms. The van der Waals surface area contributed by atoms with Crippen LogP contribution in [0.2, 0.25) is 0 Å². The van der Waals surface area contributed by atoms with Gasteiger partial charge in [-0.2, -0.15) is 0 Å². The van der Waals surface area contributed by atoms with E-state index in [1.807, 2.05) is 36.4 Å². The van der Waals surface area contributed by atoms with Gasteiger partial charge in [-0.05, 0) is 17.7 Å². The van der Waals surface area contributed by atoms with Gasteiger partial charge in [0.2, 0.25) is 5.88 Å². The molecule has 0 amide bonds. The molecule has 0 bridgehead atoms. The zero-order chi connectivity index (χ0) is 16.1. The lowest BCUT2D eigenvalue weighted by molar-refractivity contribution is 0.262. The van der Waals surface area contributed by atoms with Crippen LogP contribution in [-0.2, 0) is 6.54 Å². The van der Waals surface area contributed by atoms with Gasteiger partial charge in [-0.15, -0.1) is 0 Å². The molecule has 2 aromatic rings. The van der Waals surface area contributed by atoms with E-state index < -0.39 is 0 Å². The average Bonchev–Trinajstić information content (AvgIpc) is 2.60. The van der Waals surface area contributed by atoms with Gasteiger partial charge in [0.05, 0.1) is 26.3 Å². The Hall–Kier alpha value is -2.76. The number of aromatic nitrogens is 1. The van der Waals surface area contributed by atoms with Crippen molar-refractivity contribution >= 4 is 5.96 Å². The summed E-state index contributed by atoms with van der Waals surface area (Å²) in [6.07, 6.45) is 2.55. The smallest absolute Gasteiger partial charge is 0.213 e. The molecule has 6 nitrogen and oxygen atoms in total. The van der Waals surface area contributed by atoms with E-state index in [4.69, 9.17) is 15.2 Å². The second-order valence-electron chi connectivity index (χ2n) is 5.28. The third-order valence-corrected chi connectivity index (χ3v) is 3.72. The summed E-state index contributed by atoms with van der Waals surface area (Å²) in [5, 5.41) is 3.27. The zero-order valence-electron chi connectivity index (χ0n) is 13.0. The van der Waals surface area contributed by atoms with Crippen LogP contribution in [0.15, 0.2) is 47.6 Å². The van der Waals surface area contributed by atoms with E-state index in [1.165, 1.54) is 0 Å². The van der Waals surface area contributed by atoms with Gasteiger partial charge in [0.15, 0.2) is 5.96 Å². The van der Waals surface area contributed by atoms with Crippen LogP contribution in [0, 0.1) is 0 Å². The Morgan fingerprint density at radius 2 is 2.30 bits per heavy atom. The number of benzene rings is 1. The SMILES string of the molecule is COc1cc(CN=C(N)NC2CCOc3ccccc32)ccn1. The van der Waals surface area contributed by atoms with Crippen LogP contribution < -0.4 is 20.5 Å². The molecule has 1 atom stereocenters. The van der Waals surface area contributed by atoms with Crippen molar-refractivity contribution in [3.63, 3.8) is 0 Å². The fraction of sp³-hybridized carbons (Fsp3) is 0.294. The third kappa shape index (κ3) is 3.71. The minimum atomic E-state index is 0.121. The predicted octanol–water partition coefficient (Wildman–Crippen LogP) is 2.02. The van der Waals surface area contributed by atoms with Crippen LogP contribution in [0.4, 0.5) is 0 Å². The van der Waals surface area contributed by atoms with E-state index in [9.17, 15) is 0 Å². The molecule has 0 aliphatic carbocycles. The molecule has 0 radical (unpaired) electrons. The Kier molecular flexibility index (Phi) is 4.61. The summed E-state index contributed by atoms with van der Waals surface area (Å²) in [6, 6.07) is 11.8. The number of nitrogens with one attached hydrogen (secondary N) is 1. The molecular formula is C17H20N4O2. The van der Waals surface area contributed by atoms with Crippen molar-refractivity contribution in [1.29, 1.82) is 0 Å². The Bertz CT molecular complexity index is 702. The molecule has 1 aromatic carbocycles. The van der Waals surface area contributed by atoms with Crippen LogP contribution in [-0.4, -0.2) is 24.7 Å². The minimum Gasteiger partial charge on any atom is -0.493 e. The number of fused-ring (bicyclic) bond motifs is 1. The molecule has 0 fully saturated rings. The number of para-hydroxylation sites is 1. The van der Waals surface area contributed by atoms with Crippen molar-refractivity contribution in [3.05, 3.63) is 53.7 Å². The van der Waals surface area contributed by atoms with Gasteiger partial charge in [0.1, 0.15) is 5.75 Å². The molecule has 120 valence electrons. The molecule has 0 saturated carbocycles. The van der Waals surface area contributed by atoms with Gasteiger partial charge in [-0.25, -0.2) is 9.98 Å². The van der Waals surface area contributed by atoms with Crippen LogP contribution in [0.1, 0.15) is 23.6 Å². The number of ether oxygens (including phenoxy) is 2. The van der Waals surface area contributed by atoms with Gasteiger partial charge in [0, 0.05) is 24.2 Å². The maximum atomic E-state index is 6.03. The van der Waals surface area contributed by atoms with Crippen molar-refractivity contribution in [2.24, 2.45) is 10.7 Å². The van der Waals surface area contributed by atoms with Crippen LogP contribution in [0.25, 0.3) is 0 Å². The summed E-state index contributed by atoms with van der Waals surface area (Å²) in [7, 11) is 1.59. The Labute approximate surface area is 135 Å². The summed E-state index contributed by atoms with van der Waals surface area (Å²) in [5.74, 6) is 1.90. The number of aliphatic imine (C=N–C) groups is 1. The maximum Gasteiger partial charge on any atom is 0.213 e. The first-order valence-corrected chi connectivity index (χ1v) is 7.53. The van der Waals surface area contributed by atoms with Gasteiger partial charge < -0.3 is 20.5 Å². The topological polar surface area (TPSA) is 81.8 Å². The van der Waals surface area contributed by atoms with E-state index in [0.717, 1.165) is 23.3 Å². The summed E-state index contributed by atoms with van der Waals surface area (Å²) in [5.41, 5.74) is 8.14. The first-order valence-electron chi connectivity index (χ1n) is 7.53. The fourth-order valence-electron chi connectivity index (χ4n) is 2.55. The number of rotatable bonds is 4. The lowest BCUT2D eigenvalue weighted by Crippen LogP contribution is -2.37. The number of pyridine rings is 1. The predicted molar refractivity (Wildman–Crippen MR) is 88.5 cm³/mol. The minimum absolute atomic E-state index is 0.121. The standard InChI is InChI=1S/C17H20N4O2/c1-22-16-10-12(6-8-19-16)11-20-17(18)21-14-7-9-23-15-5-3-2-4-13(14)15/h2-6,8,10,14H,7,9,11H2,1H3,(H3,18,20,21). The van der Waals surface area contributed by atoms with Gasteiger partial charge >= 0.3 is 0 Å². The van der Waals surface area contributed by atoms with E-state index in [-0.39, 0.29) is 6.04 Å². The summed E-state index contributed by atoms with van der Waals surface area (Å²) in [6.45, 7) is 1.14. The van der Waals surface area contributed by atoms with Crippen LogP contribution >= 0.6 is 0 Å². The molecular weight excluding hydrogens is 292 g/mol. The quantitative estimate of drug-likeness (QED) is 0.667. The van der Waals surface area contributed by atoms with E-state index in [2.05, 4.69) is 15.3 Å². The number of methoxy groups -OCH3 is 1. The Balaban J connectivity index is 1.66. The first kappa shape index (κ1) is 15.1. The molecule has 1 aliphatic heterocycles. The molecule has 0 spiro atoms. The molecule has 3 N–H and O–H groups in total. The molecule has 1 aromatic heterocycles. The largest absolute Gasteiger partial charge is 0.493 e. The number of hydrogen-bond acceptors (Lipinski definition) is 4. The van der Waals surface area contributed by atoms with Crippen LogP contribution in [0.5, 0.6) is 11.6 Å².